The first-order chi connectivity index (χ1) is 13.4. The number of amides is 1. The van der Waals surface area contributed by atoms with Crippen LogP contribution in [-0.4, -0.2) is 31.2 Å². The normalized spacial score (nSPS) is 17.9. The van der Waals surface area contributed by atoms with Crippen LogP contribution in [-0.2, 0) is 9.53 Å². The summed E-state index contributed by atoms with van der Waals surface area (Å²) < 4.78 is 21.9. The molecule has 8 heteroatoms. The van der Waals surface area contributed by atoms with Crippen LogP contribution in [0.3, 0.4) is 0 Å². The average Bonchev–Trinajstić information content (AvgIpc) is 3.27. The van der Waals surface area contributed by atoms with E-state index in [-0.39, 0.29) is 22.4 Å². The Morgan fingerprint density at radius 2 is 1.89 bits per heavy atom. The molecular formula is C20H16BrFIN3O2. The van der Waals surface area contributed by atoms with E-state index in [2.05, 4.69) is 38.5 Å². The van der Waals surface area contributed by atoms with Crippen LogP contribution in [0.15, 0.2) is 59.2 Å². The molecule has 2 unspecified atom stereocenters. The maximum absolute atomic E-state index is 13.4. The first kappa shape index (κ1) is 19.5. The Morgan fingerprint density at radius 3 is 2.54 bits per heavy atom. The molecule has 28 heavy (non-hydrogen) atoms. The molecule has 0 aliphatic carbocycles. The quantitative estimate of drug-likeness (QED) is 0.256. The van der Waals surface area contributed by atoms with Gasteiger partial charge in [0.05, 0.1) is 9.74 Å². The average molecular weight is 556 g/mol. The van der Waals surface area contributed by atoms with Gasteiger partial charge in [0.15, 0.2) is 6.23 Å². The van der Waals surface area contributed by atoms with E-state index >= 15 is 0 Å². The first-order valence-electron chi connectivity index (χ1n) is 8.62. The second kappa shape index (κ2) is 7.92. The van der Waals surface area contributed by atoms with Gasteiger partial charge in [-0.15, -0.1) is 0 Å². The fourth-order valence-electron chi connectivity index (χ4n) is 3.19. The van der Waals surface area contributed by atoms with Crippen molar-refractivity contribution in [2.75, 3.05) is 6.61 Å². The van der Waals surface area contributed by atoms with Crippen LogP contribution < -0.4 is 0 Å². The van der Waals surface area contributed by atoms with Crippen LogP contribution in [0.2, 0.25) is 0 Å². The lowest BCUT2D eigenvalue weighted by Gasteiger charge is -2.25. The summed E-state index contributed by atoms with van der Waals surface area (Å²) in [7, 11) is 0. The molecule has 0 radical (unpaired) electrons. The summed E-state index contributed by atoms with van der Waals surface area (Å²) in [5.74, 6) is -0.374. The van der Waals surface area contributed by atoms with Gasteiger partial charge in [0.25, 0.3) is 5.91 Å². The van der Waals surface area contributed by atoms with Crippen LogP contribution in [0.1, 0.15) is 18.7 Å². The Hall–Kier alpha value is -1.78. The number of benzene rings is 2. The molecule has 2 atom stereocenters. The smallest absolute Gasteiger partial charge is 0.251 e. The van der Waals surface area contributed by atoms with Crippen LogP contribution in [0.25, 0.3) is 16.9 Å². The maximum atomic E-state index is 13.4. The van der Waals surface area contributed by atoms with Gasteiger partial charge in [-0.25, -0.2) is 9.07 Å². The zero-order valence-electron chi connectivity index (χ0n) is 14.8. The summed E-state index contributed by atoms with van der Waals surface area (Å²) in [5.41, 5.74) is 3.06. The number of nitrogens with zero attached hydrogens (tertiary/aromatic N) is 3. The summed E-state index contributed by atoms with van der Waals surface area (Å²) in [6, 6.07) is 13.9. The molecule has 4 rings (SSSR count). The summed E-state index contributed by atoms with van der Waals surface area (Å²) >= 11 is 5.63. The molecule has 2 aromatic carbocycles. The maximum Gasteiger partial charge on any atom is 0.251 e. The monoisotopic (exact) mass is 555 g/mol. The first-order valence-corrected chi connectivity index (χ1v) is 10.7. The summed E-state index contributed by atoms with van der Waals surface area (Å²) in [5, 5.41) is 4.73. The van der Waals surface area contributed by atoms with E-state index in [1.54, 1.807) is 21.7 Å². The highest BCUT2D eigenvalue weighted by Crippen LogP contribution is 2.37. The minimum Gasteiger partial charge on any atom is -0.344 e. The molecule has 1 saturated heterocycles. The van der Waals surface area contributed by atoms with Crippen molar-refractivity contribution in [3.63, 3.8) is 0 Å². The van der Waals surface area contributed by atoms with Gasteiger partial charge in [-0.1, -0.05) is 38.5 Å². The number of carbonyl (C=O) groups excluding carboxylic acids is 1. The largest absolute Gasteiger partial charge is 0.344 e. The zero-order valence-corrected chi connectivity index (χ0v) is 18.6. The van der Waals surface area contributed by atoms with Gasteiger partial charge >= 0.3 is 0 Å². The van der Waals surface area contributed by atoms with E-state index in [0.29, 0.717) is 5.69 Å². The van der Waals surface area contributed by atoms with Gasteiger partial charge in [0.2, 0.25) is 0 Å². The molecule has 0 bridgehead atoms. The van der Waals surface area contributed by atoms with Crippen molar-refractivity contribution < 1.29 is 13.9 Å². The Morgan fingerprint density at radius 1 is 1.21 bits per heavy atom. The van der Waals surface area contributed by atoms with Crippen molar-refractivity contribution in [2.24, 2.45) is 0 Å². The van der Waals surface area contributed by atoms with Crippen molar-refractivity contribution in [3.8, 4) is 16.9 Å². The predicted molar refractivity (Wildman–Crippen MR) is 116 cm³/mol. The van der Waals surface area contributed by atoms with Crippen LogP contribution in [0.5, 0.6) is 0 Å². The molecule has 0 spiro atoms. The van der Waals surface area contributed by atoms with Crippen molar-refractivity contribution in [1.82, 2.24) is 14.7 Å². The predicted octanol–water partition coefficient (Wildman–Crippen LogP) is 5.08. The van der Waals surface area contributed by atoms with Gasteiger partial charge in [0, 0.05) is 21.8 Å². The topological polar surface area (TPSA) is 47.4 Å². The zero-order chi connectivity index (χ0) is 19.8. The lowest BCUT2D eigenvalue weighted by Crippen LogP contribution is -2.33. The standard InChI is InChI=1S/C20H16BrFIN3O2/c1-12(23)26-18(27)11-28-20(26)17-10-25(16-8-4-14(21)5-9-16)24-19(17)13-2-6-15(22)7-3-13/h2-10,12,20H,11H2,1H3. The Labute approximate surface area is 183 Å². The molecule has 5 nitrogen and oxygen atoms in total. The minimum absolute atomic E-state index is 0.0321. The molecule has 1 aliphatic heterocycles. The molecule has 144 valence electrons. The fourth-order valence-corrected chi connectivity index (χ4v) is 4.05. The van der Waals surface area contributed by atoms with E-state index in [4.69, 9.17) is 9.84 Å². The van der Waals surface area contributed by atoms with Gasteiger partial charge in [-0.3, -0.25) is 9.69 Å². The lowest BCUT2D eigenvalue weighted by atomic mass is 10.1. The van der Waals surface area contributed by atoms with Crippen molar-refractivity contribution in [2.45, 2.75) is 17.2 Å². The molecule has 2 heterocycles. The number of halogens is 3. The van der Waals surface area contributed by atoms with E-state index in [1.165, 1.54) is 12.1 Å². The van der Waals surface area contributed by atoms with E-state index in [1.807, 2.05) is 37.4 Å². The molecule has 1 fully saturated rings. The van der Waals surface area contributed by atoms with Crippen molar-refractivity contribution in [3.05, 3.63) is 70.6 Å². The van der Waals surface area contributed by atoms with Crippen LogP contribution in [0, 0.1) is 5.82 Å². The minimum atomic E-state index is -0.538. The highest BCUT2D eigenvalue weighted by molar-refractivity contribution is 14.1. The molecular weight excluding hydrogens is 540 g/mol. The molecule has 1 aromatic heterocycles. The van der Waals surface area contributed by atoms with Gasteiger partial charge < -0.3 is 4.74 Å². The number of rotatable bonds is 4. The Kier molecular flexibility index (Phi) is 5.52. The molecule has 0 N–H and O–H groups in total. The second-order valence-electron chi connectivity index (χ2n) is 6.40. The van der Waals surface area contributed by atoms with Crippen molar-refractivity contribution >= 4 is 44.4 Å². The highest BCUT2D eigenvalue weighted by Gasteiger charge is 2.38. The lowest BCUT2D eigenvalue weighted by molar-refractivity contribution is -0.128. The van der Waals surface area contributed by atoms with Crippen molar-refractivity contribution in [1.29, 1.82) is 0 Å². The number of ether oxygens (including phenoxy) is 1. The number of aromatic nitrogens is 2. The summed E-state index contributed by atoms with van der Waals surface area (Å²) in [6.45, 7) is 1.97. The van der Waals surface area contributed by atoms with E-state index in [0.717, 1.165) is 21.3 Å². The van der Waals surface area contributed by atoms with Crippen LogP contribution >= 0.6 is 38.5 Å². The summed E-state index contributed by atoms with van der Waals surface area (Å²) in [6.07, 6.45) is 1.33. The number of hydrogen-bond acceptors (Lipinski definition) is 3. The number of carbonyl (C=O) groups is 1. The van der Waals surface area contributed by atoms with Gasteiger partial charge in [-0.2, -0.15) is 5.10 Å². The highest BCUT2D eigenvalue weighted by atomic mass is 127. The Balaban J connectivity index is 1.84. The van der Waals surface area contributed by atoms with Gasteiger partial charge in [0.1, 0.15) is 18.1 Å². The number of alkyl halides is 1. The van der Waals surface area contributed by atoms with E-state index in [9.17, 15) is 9.18 Å². The fraction of sp³-hybridized carbons (Fsp3) is 0.200. The molecule has 1 amide bonds. The van der Waals surface area contributed by atoms with Crippen LogP contribution in [0.4, 0.5) is 4.39 Å². The molecule has 0 saturated carbocycles. The third kappa shape index (κ3) is 3.72. The molecule has 3 aromatic rings. The summed E-state index contributed by atoms with van der Waals surface area (Å²) in [4.78, 5) is 14.0. The Bertz CT molecular complexity index is 1010. The molecule has 1 aliphatic rings. The second-order valence-corrected chi connectivity index (χ2v) is 9.12. The number of hydrogen-bond donors (Lipinski definition) is 0. The third-order valence-electron chi connectivity index (χ3n) is 4.51. The van der Waals surface area contributed by atoms with Gasteiger partial charge in [-0.05, 0) is 55.5 Å². The third-order valence-corrected chi connectivity index (χ3v) is 5.63. The van der Waals surface area contributed by atoms with E-state index < -0.39 is 6.23 Å². The SMILES string of the molecule is CC(I)N1C(=O)COC1c1cn(-c2ccc(Br)cc2)nc1-c1ccc(F)cc1.